The summed E-state index contributed by atoms with van der Waals surface area (Å²) >= 11 is 8.07. The first kappa shape index (κ1) is 46.1. The molecular weight excluding hydrogens is 890 g/mol. The number of imide groups is 1. The molecule has 2 aliphatic heterocycles. The lowest BCUT2D eigenvalue weighted by Gasteiger charge is -2.16. The average molecular weight is 937 g/mol. The summed E-state index contributed by atoms with van der Waals surface area (Å²) in [5.74, 6) is -1.47. The molecule has 66 heavy (non-hydrogen) atoms. The van der Waals surface area contributed by atoms with Crippen molar-refractivity contribution in [3.8, 4) is 0 Å². The fraction of sp³-hybridized carbons (Fsp3) is 0.319. The van der Waals surface area contributed by atoms with Crippen molar-refractivity contribution in [2.45, 2.75) is 25.7 Å². The van der Waals surface area contributed by atoms with Crippen LogP contribution in [0, 0.1) is 13.0 Å². The van der Waals surface area contributed by atoms with Crippen LogP contribution in [0.25, 0.3) is 31.9 Å². The number of fused-ring (bicyclic) bond motifs is 5. The van der Waals surface area contributed by atoms with Crippen molar-refractivity contribution >= 4 is 107 Å². The number of ether oxygens (including phenoxy) is 4. The van der Waals surface area contributed by atoms with Gasteiger partial charge in [0, 0.05) is 105 Å². The maximum absolute atomic E-state index is 13.9. The monoisotopic (exact) mass is 936 g/mol. The molecule has 0 aliphatic carbocycles. The second-order valence-corrected chi connectivity index (χ2v) is 16.8. The number of hydrogen-bond donors (Lipinski definition) is 5. The topological polar surface area (TPSA) is 213 Å². The SMILES string of the molecule is Cc1csc2[c]cc3c(c12)[C@@H](CCl)CN3C(=O)c1cc2cc(NC(=O)c3cc4cc(NC(=O)CCOCCOCCOCOCCNC(=O)CCN5C(=O)C=CC5=O)ccc4[nH]3)ccc2[nH]1. The van der Waals surface area contributed by atoms with E-state index in [1.165, 1.54) is 12.2 Å². The highest BCUT2D eigenvalue weighted by molar-refractivity contribution is 7.17. The average Bonchev–Trinajstić information content (AvgIpc) is 4.15. The maximum atomic E-state index is 13.9. The Hall–Kier alpha value is -6.41. The first-order chi connectivity index (χ1) is 32.1. The molecule has 0 saturated carbocycles. The van der Waals surface area contributed by atoms with E-state index in [-0.39, 0.29) is 75.5 Å². The van der Waals surface area contributed by atoms with Crippen LogP contribution in [-0.2, 0) is 38.1 Å². The zero-order chi connectivity index (χ0) is 46.2. The third-order valence-electron chi connectivity index (χ3n) is 11.1. The molecule has 5 heterocycles. The van der Waals surface area contributed by atoms with Crippen LogP contribution in [0.5, 0.6) is 0 Å². The Bertz CT molecular complexity index is 2820. The van der Waals surface area contributed by atoms with E-state index in [2.05, 4.69) is 44.3 Å². The van der Waals surface area contributed by atoms with Gasteiger partial charge < -0.3 is 49.8 Å². The summed E-state index contributed by atoms with van der Waals surface area (Å²) in [5.41, 5.74) is 6.47. The number of nitrogens with zero attached hydrogens (tertiary/aromatic N) is 2. The summed E-state index contributed by atoms with van der Waals surface area (Å²) in [6.45, 7) is 4.49. The summed E-state index contributed by atoms with van der Waals surface area (Å²) in [6, 6.07) is 19.5. The summed E-state index contributed by atoms with van der Waals surface area (Å²) < 4.78 is 22.7. The molecule has 0 unspecified atom stereocenters. The van der Waals surface area contributed by atoms with Gasteiger partial charge in [-0.3, -0.25) is 33.7 Å². The number of carbonyl (C=O) groups is 6. The van der Waals surface area contributed by atoms with Crippen LogP contribution in [0.1, 0.15) is 50.9 Å². The summed E-state index contributed by atoms with van der Waals surface area (Å²) in [6.07, 6.45) is 2.50. The third-order valence-corrected chi connectivity index (χ3v) is 12.5. The van der Waals surface area contributed by atoms with Gasteiger partial charge in [0.2, 0.25) is 11.8 Å². The molecule has 19 heteroatoms. The molecule has 0 spiro atoms. The van der Waals surface area contributed by atoms with Gasteiger partial charge in [-0.05, 0) is 78.0 Å². The number of H-pyrrole nitrogens is 2. The van der Waals surface area contributed by atoms with Gasteiger partial charge in [-0.2, -0.15) is 0 Å². The Morgan fingerprint density at radius 2 is 1.45 bits per heavy atom. The van der Waals surface area contributed by atoms with Crippen LogP contribution < -0.4 is 20.9 Å². The fourth-order valence-corrected chi connectivity index (χ4v) is 8.99. The molecule has 3 aromatic carbocycles. The molecule has 1 atom stereocenters. The zero-order valence-electron chi connectivity index (χ0n) is 36.0. The second kappa shape index (κ2) is 21.3. The van der Waals surface area contributed by atoms with Crippen molar-refractivity contribution in [2.75, 3.05) is 87.5 Å². The van der Waals surface area contributed by atoms with Crippen molar-refractivity contribution in [1.82, 2.24) is 20.2 Å². The lowest BCUT2D eigenvalue weighted by molar-refractivity contribution is -0.137. The Kier molecular flexibility index (Phi) is 14.9. The highest BCUT2D eigenvalue weighted by atomic mass is 35.5. The number of aromatic nitrogens is 2. The Morgan fingerprint density at radius 3 is 2.18 bits per heavy atom. The number of amides is 6. The normalized spacial score (nSPS) is 14.5. The van der Waals surface area contributed by atoms with E-state index in [9.17, 15) is 28.8 Å². The molecule has 5 N–H and O–H groups in total. The summed E-state index contributed by atoms with van der Waals surface area (Å²) in [4.78, 5) is 84.0. The largest absolute Gasteiger partial charge is 0.379 e. The fourth-order valence-electron chi connectivity index (χ4n) is 7.81. The van der Waals surface area contributed by atoms with Crippen LogP contribution in [0.15, 0.2) is 72.1 Å². The molecule has 0 saturated heterocycles. The van der Waals surface area contributed by atoms with Crippen molar-refractivity contribution in [2.24, 2.45) is 0 Å². The predicted molar refractivity (Wildman–Crippen MR) is 250 cm³/mol. The van der Waals surface area contributed by atoms with E-state index >= 15 is 0 Å². The smallest absolute Gasteiger partial charge is 0.274 e. The van der Waals surface area contributed by atoms with E-state index in [4.69, 9.17) is 30.5 Å². The van der Waals surface area contributed by atoms with Gasteiger partial charge in [0.1, 0.15) is 18.2 Å². The molecule has 8 rings (SSSR count). The zero-order valence-corrected chi connectivity index (χ0v) is 37.5. The predicted octanol–water partition coefficient (Wildman–Crippen LogP) is 5.99. The van der Waals surface area contributed by atoms with Gasteiger partial charge in [0.05, 0.1) is 46.1 Å². The Morgan fingerprint density at radius 1 is 0.803 bits per heavy atom. The van der Waals surface area contributed by atoms with Crippen LogP contribution >= 0.6 is 22.9 Å². The maximum Gasteiger partial charge on any atom is 0.274 e. The highest BCUT2D eigenvalue weighted by Gasteiger charge is 2.35. The molecule has 1 radical (unpaired) electrons. The number of hydrogen-bond acceptors (Lipinski definition) is 11. The van der Waals surface area contributed by atoms with E-state index in [0.29, 0.717) is 61.6 Å². The third kappa shape index (κ3) is 10.8. The molecule has 0 bridgehead atoms. The molecular formula is C47H47ClN7O10S. The van der Waals surface area contributed by atoms with Gasteiger partial charge in [-0.15, -0.1) is 22.9 Å². The van der Waals surface area contributed by atoms with Gasteiger partial charge >= 0.3 is 0 Å². The number of alkyl halides is 1. The molecule has 2 aliphatic rings. The first-order valence-electron chi connectivity index (χ1n) is 21.3. The number of anilines is 3. The quantitative estimate of drug-likeness (QED) is 0.0232. The van der Waals surface area contributed by atoms with Crippen molar-refractivity contribution in [3.05, 3.63) is 101 Å². The van der Waals surface area contributed by atoms with Crippen LogP contribution in [0.3, 0.4) is 0 Å². The molecule has 17 nitrogen and oxygen atoms in total. The summed E-state index contributed by atoms with van der Waals surface area (Å²) in [5, 5.41) is 13.2. The van der Waals surface area contributed by atoms with Crippen molar-refractivity contribution in [1.29, 1.82) is 0 Å². The van der Waals surface area contributed by atoms with Crippen LogP contribution in [0.4, 0.5) is 17.1 Å². The van der Waals surface area contributed by atoms with E-state index in [1.807, 2.05) is 18.2 Å². The van der Waals surface area contributed by atoms with Gasteiger partial charge in [-0.25, -0.2) is 0 Å². The molecule has 6 aromatic rings. The molecule has 6 amide bonds. The molecule has 343 valence electrons. The Balaban J connectivity index is 0.709. The van der Waals surface area contributed by atoms with Gasteiger partial charge in [0.15, 0.2) is 0 Å². The van der Waals surface area contributed by atoms with E-state index < -0.39 is 11.8 Å². The summed E-state index contributed by atoms with van der Waals surface area (Å²) in [7, 11) is 0. The van der Waals surface area contributed by atoms with Crippen molar-refractivity contribution < 1.29 is 47.7 Å². The molecule has 0 fully saturated rings. The number of aromatic amines is 2. The van der Waals surface area contributed by atoms with Crippen molar-refractivity contribution in [3.63, 3.8) is 0 Å². The van der Waals surface area contributed by atoms with E-state index in [1.54, 1.807) is 52.6 Å². The number of carbonyl (C=O) groups excluding carboxylic acids is 6. The number of aryl methyl sites for hydroxylation is 1. The Labute approximate surface area is 387 Å². The standard InChI is InChI=1S/C47H47ClN7O10S/c1-28-26-66-39-7-6-38-45(44(28)39)31(24-48)25-55(38)47(61)37-23-30-21-33(3-5-35(30)53-37)51-46(60)36-22-29-20-32(2-4-34(29)52-36)50-41(57)11-14-62-16-17-63-18-19-65-27-64-15-12-49-40(56)10-13-54-42(58)8-9-43(54)59/h2-6,8-9,20-23,26,31,52-53H,10-19,24-25,27H2,1H3,(H,49,56)(H,50,57)(H,51,60)/t31-/m0/s1. The minimum atomic E-state index is -0.422. The molecule has 3 aromatic heterocycles. The number of halogens is 1. The number of rotatable bonds is 22. The van der Waals surface area contributed by atoms with Gasteiger partial charge in [-0.1, -0.05) is 0 Å². The van der Waals surface area contributed by atoms with E-state index in [0.717, 1.165) is 53.6 Å². The second-order valence-electron chi connectivity index (χ2n) is 15.6. The number of benzene rings is 3. The van der Waals surface area contributed by atoms with Crippen LogP contribution in [0.2, 0.25) is 0 Å². The minimum absolute atomic E-state index is 0.0114. The van der Waals surface area contributed by atoms with Crippen LogP contribution in [-0.4, -0.2) is 122 Å². The highest BCUT2D eigenvalue weighted by Crippen LogP contribution is 2.45. The first-order valence-corrected chi connectivity index (χ1v) is 22.8. The number of thiophene rings is 1. The minimum Gasteiger partial charge on any atom is -0.379 e. The lowest BCUT2D eigenvalue weighted by atomic mass is 9.97. The number of nitrogens with one attached hydrogen (secondary N) is 5. The lowest BCUT2D eigenvalue weighted by Crippen LogP contribution is -2.35. The van der Waals surface area contributed by atoms with Gasteiger partial charge in [0.25, 0.3) is 23.6 Å².